The van der Waals surface area contributed by atoms with Crippen LogP contribution in [0.2, 0.25) is 0 Å². The number of H-pyrrole nitrogens is 1. The maximum absolute atomic E-state index is 9.90. The number of nitrogens with zero attached hydrogens (tertiary/aromatic N) is 1. The Morgan fingerprint density at radius 3 is 2.24 bits per heavy atom. The van der Waals surface area contributed by atoms with Gasteiger partial charge >= 0.3 is 0 Å². The molecule has 0 radical (unpaired) electrons. The van der Waals surface area contributed by atoms with Crippen LogP contribution in [0.1, 0.15) is 0 Å². The van der Waals surface area contributed by atoms with E-state index < -0.39 is 0 Å². The summed E-state index contributed by atoms with van der Waals surface area (Å²) in [6.45, 7) is 0. The molecule has 21 heavy (non-hydrogen) atoms. The Labute approximate surface area is 120 Å². The highest BCUT2D eigenvalue weighted by Crippen LogP contribution is 2.38. The molecular weight excluding hydrogens is 272 g/mol. The van der Waals surface area contributed by atoms with Crippen LogP contribution in [0, 0.1) is 0 Å². The third-order valence-electron chi connectivity index (χ3n) is 3.24. The first kappa shape index (κ1) is 13.1. The van der Waals surface area contributed by atoms with E-state index in [1.807, 2.05) is 0 Å². The molecule has 0 atom stereocenters. The lowest BCUT2D eigenvalue weighted by molar-refractivity contribution is 0.356. The lowest BCUT2D eigenvalue weighted by Crippen LogP contribution is -1.89. The summed E-state index contributed by atoms with van der Waals surface area (Å²) in [5.41, 5.74) is 1.61. The van der Waals surface area contributed by atoms with Crippen molar-refractivity contribution in [2.45, 2.75) is 0 Å². The number of phenolic OH excluding ortho intramolecular Hbond substituents is 2. The molecule has 0 aliphatic heterocycles. The highest BCUT2D eigenvalue weighted by molar-refractivity contribution is 5.85. The van der Waals surface area contributed by atoms with E-state index in [0.717, 1.165) is 0 Å². The first-order valence-electron chi connectivity index (χ1n) is 6.27. The molecule has 3 N–H and O–H groups in total. The smallest absolute Gasteiger partial charge is 0.163 e. The fourth-order valence-electron chi connectivity index (χ4n) is 2.23. The van der Waals surface area contributed by atoms with Crippen molar-refractivity contribution in [1.29, 1.82) is 0 Å². The summed E-state index contributed by atoms with van der Waals surface area (Å²) in [6.07, 6.45) is 0. The zero-order chi connectivity index (χ0) is 15.0. The number of ether oxygens (including phenoxy) is 2. The summed E-state index contributed by atoms with van der Waals surface area (Å²) >= 11 is 0. The van der Waals surface area contributed by atoms with Gasteiger partial charge in [0.05, 0.1) is 25.3 Å². The predicted octanol–water partition coefficient (Wildman–Crippen LogP) is 2.66. The number of fused-ring (bicyclic) bond motifs is 1. The molecule has 3 aromatic rings. The molecule has 0 aliphatic rings. The number of phenols is 2. The number of aromatic hydroxyl groups is 2. The molecule has 0 aliphatic carbocycles. The van der Waals surface area contributed by atoms with Gasteiger partial charge in [0.25, 0.3) is 0 Å². The highest BCUT2D eigenvalue weighted by Gasteiger charge is 2.16. The maximum atomic E-state index is 9.90. The monoisotopic (exact) mass is 286 g/mol. The third-order valence-corrected chi connectivity index (χ3v) is 3.24. The van der Waals surface area contributed by atoms with Crippen molar-refractivity contribution in [2.75, 3.05) is 14.2 Å². The number of benzene rings is 2. The lowest BCUT2D eigenvalue weighted by atomic mass is 10.1. The zero-order valence-corrected chi connectivity index (χ0v) is 11.5. The molecule has 3 rings (SSSR count). The Bertz CT molecular complexity index is 750. The zero-order valence-electron chi connectivity index (χ0n) is 11.5. The van der Waals surface area contributed by atoms with Crippen molar-refractivity contribution < 1.29 is 19.7 Å². The van der Waals surface area contributed by atoms with Gasteiger partial charge in [-0.1, -0.05) is 6.07 Å². The fourth-order valence-corrected chi connectivity index (χ4v) is 2.23. The summed E-state index contributed by atoms with van der Waals surface area (Å²) in [5.74, 6) is 1.41. The van der Waals surface area contributed by atoms with Crippen LogP contribution in [0.3, 0.4) is 0 Å². The average molecular weight is 286 g/mol. The molecule has 0 bridgehead atoms. The van der Waals surface area contributed by atoms with Crippen molar-refractivity contribution in [2.24, 2.45) is 0 Å². The van der Waals surface area contributed by atoms with E-state index in [4.69, 9.17) is 9.47 Å². The number of aromatic amines is 1. The first-order chi connectivity index (χ1) is 10.1. The first-order valence-corrected chi connectivity index (χ1v) is 6.27. The van der Waals surface area contributed by atoms with Crippen LogP contribution in [0.5, 0.6) is 23.0 Å². The molecule has 1 heterocycles. The second-order valence-electron chi connectivity index (χ2n) is 4.48. The standard InChI is InChI=1S/C15H14N2O4/c1-20-12-6-8-9(7-13(12)21-2)17-15(16-8)14-10(18)4-3-5-11(14)19/h3-7,18-19H,1-2H3,(H,16,17). The number of hydrogen-bond acceptors (Lipinski definition) is 5. The van der Waals surface area contributed by atoms with Gasteiger partial charge in [-0.05, 0) is 12.1 Å². The van der Waals surface area contributed by atoms with Crippen molar-refractivity contribution in [1.82, 2.24) is 9.97 Å². The van der Waals surface area contributed by atoms with E-state index >= 15 is 0 Å². The van der Waals surface area contributed by atoms with Gasteiger partial charge < -0.3 is 24.7 Å². The molecular formula is C15H14N2O4. The van der Waals surface area contributed by atoms with Crippen LogP contribution in [-0.2, 0) is 0 Å². The second kappa shape index (κ2) is 4.90. The molecule has 0 fully saturated rings. The number of methoxy groups -OCH3 is 2. The number of hydrogen-bond donors (Lipinski definition) is 3. The molecule has 0 spiro atoms. The molecule has 108 valence electrons. The van der Waals surface area contributed by atoms with Crippen LogP contribution < -0.4 is 9.47 Å². The Morgan fingerprint density at radius 1 is 1.00 bits per heavy atom. The average Bonchev–Trinajstić information content (AvgIpc) is 2.87. The lowest BCUT2D eigenvalue weighted by Gasteiger charge is -2.06. The molecule has 0 saturated carbocycles. The second-order valence-corrected chi connectivity index (χ2v) is 4.48. The Hall–Kier alpha value is -2.89. The topological polar surface area (TPSA) is 87.6 Å². The van der Waals surface area contributed by atoms with Gasteiger partial charge in [0.15, 0.2) is 11.5 Å². The SMILES string of the molecule is COc1cc2nc(-c3c(O)cccc3O)[nH]c2cc1OC. The van der Waals surface area contributed by atoms with Crippen LogP contribution >= 0.6 is 0 Å². The van der Waals surface area contributed by atoms with E-state index in [2.05, 4.69) is 9.97 Å². The summed E-state index contributed by atoms with van der Waals surface area (Å²) in [5, 5.41) is 19.8. The number of nitrogens with one attached hydrogen (secondary N) is 1. The molecule has 6 nitrogen and oxygen atoms in total. The van der Waals surface area contributed by atoms with Crippen molar-refractivity contribution in [3.05, 3.63) is 30.3 Å². The van der Waals surface area contributed by atoms with Gasteiger partial charge in [0, 0.05) is 12.1 Å². The molecule has 0 unspecified atom stereocenters. The summed E-state index contributed by atoms with van der Waals surface area (Å²) in [4.78, 5) is 7.43. The van der Waals surface area contributed by atoms with E-state index in [9.17, 15) is 10.2 Å². The summed E-state index contributed by atoms with van der Waals surface area (Å²) < 4.78 is 10.5. The molecule has 2 aromatic carbocycles. The van der Waals surface area contributed by atoms with E-state index in [0.29, 0.717) is 28.4 Å². The highest BCUT2D eigenvalue weighted by atomic mass is 16.5. The van der Waals surface area contributed by atoms with E-state index in [-0.39, 0.29) is 17.1 Å². The quantitative estimate of drug-likeness (QED) is 0.689. The fraction of sp³-hybridized carbons (Fsp3) is 0.133. The maximum Gasteiger partial charge on any atom is 0.163 e. The molecule has 6 heteroatoms. The van der Waals surface area contributed by atoms with Gasteiger partial charge in [-0.25, -0.2) is 4.98 Å². The van der Waals surface area contributed by atoms with Gasteiger partial charge in [-0.2, -0.15) is 0 Å². The van der Waals surface area contributed by atoms with Crippen molar-refractivity contribution in [3.63, 3.8) is 0 Å². The predicted molar refractivity (Wildman–Crippen MR) is 78.0 cm³/mol. The van der Waals surface area contributed by atoms with Gasteiger partial charge in [0.1, 0.15) is 22.9 Å². The molecule has 1 aromatic heterocycles. The van der Waals surface area contributed by atoms with Crippen LogP contribution in [0.15, 0.2) is 30.3 Å². The normalized spacial score (nSPS) is 10.8. The Morgan fingerprint density at radius 2 is 1.62 bits per heavy atom. The minimum atomic E-state index is -0.0482. The van der Waals surface area contributed by atoms with Gasteiger partial charge in [-0.3, -0.25) is 0 Å². The Kier molecular flexibility index (Phi) is 3.06. The Balaban J connectivity index is 2.22. The van der Waals surface area contributed by atoms with Gasteiger partial charge in [-0.15, -0.1) is 0 Å². The van der Waals surface area contributed by atoms with E-state index in [1.165, 1.54) is 12.1 Å². The minimum Gasteiger partial charge on any atom is -0.507 e. The largest absolute Gasteiger partial charge is 0.507 e. The molecule has 0 saturated heterocycles. The number of rotatable bonds is 3. The molecule has 0 amide bonds. The summed E-state index contributed by atoms with van der Waals surface area (Å²) in [6, 6.07) is 8.02. The van der Waals surface area contributed by atoms with Crippen LogP contribution in [0.4, 0.5) is 0 Å². The summed E-state index contributed by atoms with van der Waals surface area (Å²) in [7, 11) is 3.10. The van der Waals surface area contributed by atoms with Crippen LogP contribution in [-0.4, -0.2) is 34.4 Å². The number of aromatic nitrogens is 2. The van der Waals surface area contributed by atoms with E-state index in [1.54, 1.807) is 32.4 Å². The van der Waals surface area contributed by atoms with Crippen molar-refractivity contribution >= 4 is 11.0 Å². The number of imidazole rings is 1. The van der Waals surface area contributed by atoms with Crippen molar-refractivity contribution in [3.8, 4) is 34.4 Å². The minimum absolute atomic E-state index is 0.0482. The van der Waals surface area contributed by atoms with Gasteiger partial charge in [0.2, 0.25) is 0 Å². The van der Waals surface area contributed by atoms with Crippen LogP contribution in [0.25, 0.3) is 22.4 Å². The third kappa shape index (κ3) is 2.10.